The first-order chi connectivity index (χ1) is 13.2. The van der Waals surface area contributed by atoms with Crippen LogP contribution >= 0.6 is 0 Å². The first-order valence-corrected chi connectivity index (χ1v) is 8.66. The quantitative estimate of drug-likeness (QED) is 0.702. The predicted molar refractivity (Wildman–Crippen MR) is 97.7 cm³/mol. The molecular formula is C20H20FNO6. The topological polar surface area (TPSA) is 105 Å². The number of amides is 1. The van der Waals surface area contributed by atoms with Gasteiger partial charge in [-0.1, -0.05) is 0 Å². The van der Waals surface area contributed by atoms with E-state index >= 15 is 0 Å². The van der Waals surface area contributed by atoms with Crippen LogP contribution in [0.2, 0.25) is 0 Å². The summed E-state index contributed by atoms with van der Waals surface area (Å²) >= 11 is 0. The smallest absolute Gasteiger partial charge is 0.335 e. The number of aliphatic hydroxyl groups excluding tert-OH is 1. The van der Waals surface area contributed by atoms with Gasteiger partial charge in [0.05, 0.1) is 17.7 Å². The lowest BCUT2D eigenvalue weighted by atomic mass is 10.00. The van der Waals surface area contributed by atoms with Gasteiger partial charge in [-0.15, -0.1) is 0 Å². The van der Waals surface area contributed by atoms with Crippen molar-refractivity contribution in [3.63, 3.8) is 0 Å². The summed E-state index contributed by atoms with van der Waals surface area (Å²) in [6, 6.07) is 6.53. The van der Waals surface area contributed by atoms with Crippen LogP contribution in [0, 0.1) is 5.82 Å². The number of fused-ring (bicyclic) bond motifs is 1. The van der Waals surface area contributed by atoms with Gasteiger partial charge >= 0.3 is 5.97 Å². The maximum atomic E-state index is 14.3. The maximum Gasteiger partial charge on any atom is 0.335 e. The zero-order chi connectivity index (χ0) is 20.5. The van der Waals surface area contributed by atoms with Crippen molar-refractivity contribution in [1.82, 2.24) is 5.32 Å². The highest BCUT2D eigenvalue weighted by molar-refractivity contribution is 5.94. The lowest BCUT2D eigenvalue weighted by Crippen LogP contribution is -2.27. The largest absolute Gasteiger partial charge is 0.487 e. The molecule has 8 heteroatoms. The van der Waals surface area contributed by atoms with Gasteiger partial charge in [-0.25, -0.2) is 9.18 Å². The molecule has 1 amide bonds. The standard InChI is InChI=1S/C20H20FNO6/c1-20(2)10-14-16(7-11(19(25)26)8-17(14)28-20)27-12-3-4-13(15(21)9-12)18(24)22-5-6-23/h3-4,7-9,23H,5-6,10H2,1-2H3,(H,22,24)(H,25,26). The third-order valence-electron chi connectivity index (χ3n) is 4.21. The van der Waals surface area contributed by atoms with Crippen LogP contribution in [0.3, 0.4) is 0 Å². The van der Waals surface area contributed by atoms with Crippen molar-refractivity contribution >= 4 is 11.9 Å². The number of aliphatic hydroxyl groups is 1. The van der Waals surface area contributed by atoms with Crippen molar-refractivity contribution in [3.8, 4) is 17.2 Å². The van der Waals surface area contributed by atoms with Crippen LogP contribution < -0.4 is 14.8 Å². The van der Waals surface area contributed by atoms with E-state index < -0.39 is 23.3 Å². The molecule has 1 heterocycles. The Labute approximate surface area is 160 Å². The number of hydrogen-bond donors (Lipinski definition) is 3. The van der Waals surface area contributed by atoms with Crippen LogP contribution in [0.4, 0.5) is 4.39 Å². The normalized spacial score (nSPS) is 14.1. The van der Waals surface area contributed by atoms with Crippen LogP contribution in [0.15, 0.2) is 30.3 Å². The van der Waals surface area contributed by atoms with Crippen molar-refractivity contribution in [2.24, 2.45) is 0 Å². The minimum Gasteiger partial charge on any atom is -0.487 e. The van der Waals surface area contributed by atoms with Crippen molar-refractivity contribution in [2.45, 2.75) is 25.9 Å². The zero-order valence-electron chi connectivity index (χ0n) is 15.4. The second-order valence-corrected chi connectivity index (χ2v) is 7.02. The van der Waals surface area contributed by atoms with Gasteiger partial charge in [0.15, 0.2) is 0 Å². The molecule has 1 aliphatic rings. The highest BCUT2D eigenvalue weighted by Gasteiger charge is 2.34. The summed E-state index contributed by atoms with van der Waals surface area (Å²) in [5.41, 5.74) is -0.0147. The number of nitrogens with one attached hydrogen (secondary N) is 1. The summed E-state index contributed by atoms with van der Waals surface area (Å²) in [6.07, 6.45) is 0.502. The number of hydrogen-bond acceptors (Lipinski definition) is 5. The molecule has 3 N–H and O–H groups in total. The van der Waals surface area contributed by atoms with Gasteiger partial charge in [0.1, 0.15) is 28.7 Å². The summed E-state index contributed by atoms with van der Waals surface area (Å²) in [5.74, 6) is -1.79. The van der Waals surface area contributed by atoms with Crippen molar-refractivity contribution < 1.29 is 33.7 Å². The van der Waals surface area contributed by atoms with E-state index in [2.05, 4.69) is 5.32 Å². The molecule has 0 spiro atoms. The zero-order valence-corrected chi connectivity index (χ0v) is 15.4. The lowest BCUT2D eigenvalue weighted by Gasteiger charge is -2.16. The van der Waals surface area contributed by atoms with Crippen LogP contribution in [0.1, 0.15) is 40.1 Å². The molecule has 0 unspecified atom stereocenters. The average molecular weight is 389 g/mol. The molecular weight excluding hydrogens is 369 g/mol. The van der Waals surface area contributed by atoms with Gasteiger partial charge in [0.2, 0.25) is 0 Å². The molecule has 148 valence electrons. The van der Waals surface area contributed by atoms with Crippen molar-refractivity contribution in [2.75, 3.05) is 13.2 Å². The molecule has 0 radical (unpaired) electrons. The number of benzene rings is 2. The molecule has 0 bridgehead atoms. The number of carboxylic acids is 1. The summed E-state index contributed by atoms with van der Waals surface area (Å²) in [5, 5.41) is 20.4. The van der Waals surface area contributed by atoms with Crippen LogP contribution in [0.5, 0.6) is 17.2 Å². The summed E-state index contributed by atoms with van der Waals surface area (Å²) in [4.78, 5) is 23.2. The Morgan fingerprint density at radius 1 is 1.29 bits per heavy atom. The molecule has 0 saturated heterocycles. The Bertz CT molecular complexity index is 941. The van der Waals surface area contributed by atoms with E-state index in [1.807, 2.05) is 13.8 Å². The average Bonchev–Trinajstić information content (AvgIpc) is 2.94. The van der Waals surface area contributed by atoms with E-state index in [0.29, 0.717) is 17.7 Å². The molecule has 0 fully saturated rings. The number of carbonyl (C=O) groups excluding carboxylic acids is 1. The number of carboxylic acid groups (broad SMARTS) is 1. The van der Waals surface area contributed by atoms with Crippen molar-refractivity contribution in [3.05, 3.63) is 52.8 Å². The SMILES string of the molecule is CC1(C)Cc2c(Oc3ccc(C(=O)NCCO)c(F)c3)cc(C(=O)O)cc2O1. The highest BCUT2D eigenvalue weighted by atomic mass is 19.1. The van der Waals surface area contributed by atoms with Crippen LogP contribution in [-0.2, 0) is 6.42 Å². The Morgan fingerprint density at radius 2 is 2.04 bits per heavy atom. The van der Waals surface area contributed by atoms with Gasteiger partial charge in [-0.2, -0.15) is 0 Å². The van der Waals surface area contributed by atoms with Gasteiger partial charge in [-0.05, 0) is 38.1 Å². The monoisotopic (exact) mass is 389 g/mol. The fourth-order valence-electron chi connectivity index (χ4n) is 2.99. The van der Waals surface area contributed by atoms with Gasteiger partial charge < -0.3 is 25.0 Å². The molecule has 0 atom stereocenters. The fourth-order valence-corrected chi connectivity index (χ4v) is 2.99. The highest BCUT2D eigenvalue weighted by Crippen LogP contribution is 2.43. The van der Waals surface area contributed by atoms with E-state index in [9.17, 15) is 19.1 Å². The Balaban J connectivity index is 1.91. The van der Waals surface area contributed by atoms with E-state index in [-0.39, 0.29) is 35.8 Å². The van der Waals surface area contributed by atoms with Crippen LogP contribution in [-0.4, -0.2) is 40.8 Å². The third kappa shape index (κ3) is 4.07. The fraction of sp³-hybridized carbons (Fsp3) is 0.300. The summed E-state index contributed by atoms with van der Waals surface area (Å²) in [7, 11) is 0. The molecule has 2 aromatic carbocycles. The third-order valence-corrected chi connectivity index (χ3v) is 4.21. The molecule has 28 heavy (non-hydrogen) atoms. The number of halogens is 1. The predicted octanol–water partition coefficient (Wildman–Crippen LogP) is 2.75. The van der Waals surface area contributed by atoms with E-state index in [4.69, 9.17) is 14.6 Å². The second-order valence-electron chi connectivity index (χ2n) is 7.02. The molecule has 1 aliphatic heterocycles. The number of rotatable bonds is 6. The second kappa shape index (κ2) is 7.47. The van der Waals surface area contributed by atoms with Crippen LogP contribution in [0.25, 0.3) is 0 Å². The van der Waals surface area contributed by atoms with E-state index in [1.165, 1.54) is 24.3 Å². The number of aromatic carboxylic acids is 1. The first kappa shape index (κ1) is 19.6. The van der Waals surface area contributed by atoms with Gasteiger partial charge in [-0.3, -0.25) is 4.79 Å². The lowest BCUT2D eigenvalue weighted by molar-refractivity contribution is 0.0694. The molecule has 7 nitrogen and oxygen atoms in total. The Kier molecular flexibility index (Phi) is 5.24. The first-order valence-electron chi connectivity index (χ1n) is 8.66. The van der Waals surface area contributed by atoms with Gasteiger partial charge in [0, 0.05) is 24.6 Å². The molecule has 0 aliphatic carbocycles. The Morgan fingerprint density at radius 3 is 2.68 bits per heavy atom. The molecule has 0 saturated carbocycles. The van der Waals surface area contributed by atoms with E-state index in [1.54, 1.807) is 0 Å². The Hall–Kier alpha value is -3.13. The minimum atomic E-state index is -1.14. The van der Waals surface area contributed by atoms with E-state index in [0.717, 1.165) is 6.07 Å². The molecule has 3 rings (SSSR count). The summed E-state index contributed by atoms with van der Waals surface area (Å²) in [6.45, 7) is 3.51. The summed E-state index contributed by atoms with van der Waals surface area (Å²) < 4.78 is 25.8. The number of carbonyl (C=O) groups is 2. The molecule has 2 aromatic rings. The maximum absolute atomic E-state index is 14.3. The minimum absolute atomic E-state index is 0.00748. The number of ether oxygens (including phenoxy) is 2. The van der Waals surface area contributed by atoms with Crippen molar-refractivity contribution in [1.29, 1.82) is 0 Å². The van der Waals surface area contributed by atoms with Gasteiger partial charge in [0.25, 0.3) is 5.91 Å². The molecule has 0 aromatic heterocycles.